The van der Waals surface area contributed by atoms with Gasteiger partial charge >= 0.3 is 0 Å². The summed E-state index contributed by atoms with van der Waals surface area (Å²) in [5.74, 6) is 0. The van der Waals surface area contributed by atoms with Gasteiger partial charge in [0, 0.05) is 19.7 Å². The fourth-order valence-electron chi connectivity index (χ4n) is 2.39. The van der Waals surface area contributed by atoms with Crippen LogP contribution in [0.2, 0.25) is 0 Å². The van der Waals surface area contributed by atoms with E-state index in [1.165, 1.54) is 23.4 Å². The molecule has 1 atom stereocenters. The normalized spacial score (nSPS) is 20.3. The van der Waals surface area contributed by atoms with Gasteiger partial charge in [0.25, 0.3) is 0 Å². The molecule has 0 aromatic carbocycles. The van der Waals surface area contributed by atoms with E-state index in [-0.39, 0.29) is 0 Å². The van der Waals surface area contributed by atoms with Crippen LogP contribution in [0.3, 0.4) is 0 Å². The van der Waals surface area contributed by atoms with Crippen LogP contribution in [0.25, 0.3) is 0 Å². The van der Waals surface area contributed by atoms with Crippen LogP contribution in [0.4, 0.5) is 0 Å². The van der Waals surface area contributed by atoms with Crippen molar-refractivity contribution in [1.82, 2.24) is 9.62 Å². The zero-order valence-corrected chi connectivity index (χ0v) is 13.0. The second-order valence-corrected chi connectivity index (χ2v) is 7.12. The first-order valence-corrected chi connectivity index (χ1v) is 9.16. The number of sulfonamides is 1. The number of hydrogen-bond donors (Lipinski definition) is 1. The largest absolute Gasteiger partial charge is 0.378 e. The summed E-state index contributed by atoms with van der Waals surface area (Å²) < 4.78 is 29.8. The van der Waals surface area contributed by atoms with Gasteiger partial charge in [-0.15, -0.1) is 0 Å². The highest BCUT2D eigenvalue weighted by atomic mass is 32.2. The second kappa shape index (κ2) is 8.89. The minimum atomic E-state index is -3.03. The van der Waals surface area contributed by atoms with Crippen LogP contribution < -0.4 is 5.32 Å². The van der Waals surface area contributed by atoms with Crippen LogP contribution >= 0.6 is 0 Å². The van der Waals surface area contributed by atoms with E-state index in [0.717, 1.165) is 39.0 Å². The summed E-state index contributed by atoms with van der Waals surface area (Å²) in [4.78, 5) is 0. The van der Waals surface area contributed by atoms with E-state index in [1.807, 2.05) is 6.92 Å². The minimum Gasteiger partial charge on any atom is -0.378 e. The Hall–Kier alpha value is -0.170. The topological polar surface area (TPSA) is 58.6 Å². The first kappa shape index (κ1) is 16.9. The molecule has 1 N–H and O–H groups in total. The van der Waals surface area contributed by atoms with Gasteiger partial charge in [0.1, 0.15) is 0 Å². The summed E-state index contributed by atoms with van der Waals surface area (Å²) >= 11 is 0. The van der Waals surface area contributed by atoms with Gasteiger partial charge in [-0.2, -0.15) is 0 Å². The molecule has 1 heterocycles. The Bertz CT molecular complexity index is 327. The number of hydrogen-bond acceptors (Lipinski definition) is 4. The van der Waals surface area contributed by atoms with Crippen molar-refractivity contribution in [1.29, 1.82) is 0 Å². The average molecular weight is 292 g/mol. The third-order valence-corrected chi connectivity index (χ3v) is 4.87. The summed E-state index contributed by atoms with van der Waals surface area (Å²) in [6.07, 6.45) is 7.29. The molecule has 19 heavy (non-hydrogen) atoms. The van der Waals surface area contributed by atoms with Crippen LogP contribution in [0.15, 0.2) is 0 Å². The molecule has 0 spiro atoms. The molecular formula is C13H28N2O3S. The van der Waals surface area contributed by atoms with Gasteiger partial charge in [-0.3, -0.25) is 0 Å². The highest BCUT2D eigenvalue weighted by molar-refractivity contribution is 7.88. The zero-order chi connectivity index (χ0) is 14.1. The molecule has 1 rings (SSSR count). The number of ether oxygens (including phenoxy) is 1. The Morgan fingerprint density at radius 3 is 2.63 bits per heavy atom. The van der Waals surface area contributed by atoms with Gasteiger partial charge in [-0.25, -0.2) is 12.7 Å². The number of nitrogens with zero attached hydrogens (tertiary/aromatic N) is 1. The van der Waals surface area contributed by atoms with E-state index in [0.29, 0.717) is 19.2 Å². The molecule has 0 radical (unpaired) electrons. The van der Waals surface area contributed by atoms with Crippen molar-refractivity contribution in [3.63, 3.8) is 0 Å². The Morgan fingerprint density at radius 1 is 1.32 bits per heavy atom. The lowest BCUT2D eigenvalue weighted by Gasteiger charge is -2.17. The molecule has 1 unspecified atom stereocenters. The smallest absolute Gasteiger partial charge is 0.211 e. The van der Waals surface area contributed by atoms with Crippen molar-refractivity contribution in [2.75, 3.05) is 39.0 Å². The lowest BCUT2D eigenvalue weighted by molar-refractivity contribution is 0.102. The summed E-state index contributed by atoms with van der Waals surface area (Å²) in [5.41, 5.74) is 0. The van der Waals surface area contributed by atoms with Crippen molar-refractivity contribution in [2.45, 2.75) is 45.1 Å². The van der Waals surface area contributed by atoms with E-state index in [9.17, 15) is 8.42 Å². The van der Waals surface area contributed by atoms with Crippen molar-refractivity contribution in [3.05, 3.63) is 0 Å². The number of nitrogens with one attached hydrogen (secondary N) is 1. The standard InChI is InChI=1S/C13H28N2O3S/c1-3-15(19(2,16)17)11-6-10-14-9-4-7-13-8-5-12-18-13/h13-14H,3-12H2,1-2H3. The monoisotopic (exact) mass is 292 g/mol. The second-order valence-electron chi connectivity index (χ2n) is 5.14. The summed E-state index contributed by atoms with van der Waals surface area (Å²) in [5, 5.41) is 3.36. The van der Waals surface area contributed by atoms with Gasteiger partial charge in [0.15, 0.2) is 0 Å². The Labute approximate surface area is 117 Å². The van der Waals surface area contributed by atoms with E-state index in [2.05, 4.69) is 5.32 Å². The van der Waals surface area contributed by atoms with E-state index < -0.39 is 10.0 Å². The molecule has 0 amide bonds. The average Bonchev–Trinajstić information content (AvgIpc) is 2.84. The van der Waals surface area contributed by atoms with Crippen molar-refractivity contribution < 1.29 is 13.2 Å². The van der Waals surface area contributed by atoms with E-state index in [4.69, 9.17) is 4.74 Å². The first-order valence-electron chi connectivity index (χ1n) is 7.31. The molecule has 0 aromatic heterocycles. The van der Waals surface area contributed by atoms with Crippen LogP contribution in [-0.2, 0) is 14.8 Å². The maximum atomic E-state index is 11.4. The lowest BCUT2D eigenvalue weighted by Crippen LogP contribution is -2.32. The van der Waals surface area contributed by atoms with E-state index >= 15 is 0 Å². The molecule has 114 valence electrons. The SMILES string of the molecule is CCN(CCCNCCCC1CCCO1)S(C)(=O)=O. The van der Waals surface area contributed by atoms with Gasteiger partial charge in [0.05, 0.1) is 12.4 Å². The predicted molar refractivity (Wildman–Crippen MR) is 77.8 cm³/mol. The van der Waals surface area contributed by atoms with Crippen LogP contribution in [0.1, 0.15) is 39.0 Å². The fourth-order valence-corrected chi connectivity index (χ4v) is 3.32. The maximum absolute atomic E-state index is 11.4. The molecule has 0 aromatic rings. The molecule has 1 fully saturated rings. The van der Waals surface area contributed by atoms with Gasteiger partial charge in [0.2, 0.25) is 10.0 Å². The Kier molecular flexibility index (Phi) is 7.90. The highest BCUT2D eigenvalue weighted by Crippen LogP contribution is 2.16. The Balaban J connectivity index is 1.95. The lowest BCUT2D eigenvalue weighted by atomic mass is 10.1. The summed E-state index contributed by atoms with van der Waals surface area (Å²) in [6, 6.07) is 0. The van der Waals surface area contributed by atoms with Crippen LogP contribution in [0, 0.1) is 0 Å². The molecule has 5 nitrogen and oxygen atoms in total. The quantitative estimate of drug-likeness (QED) is 0.615. The van der Waals surface area contributed by atoms with Crippen molar-refractivity contribution in [2.24, 2.45) is 0 Å². The molecule has 1 aliphatic heterocycles. The molecule has 0 saturated carbocycles. The minimum absolute atomic E-state index is 0.475. The van der Waals surface area contributed by atoms with Gasteiger partial charge < -0.3 is 10.1 Å². The van der Waals surface area contributed by atoms with Gasteiger partial charge in [-0.1, -0.05) is 6.92 Å². The van der Waals surface area contributed by atoms with Gasteiger partial charge in [-0.05, 0) is 45.2 Å². The Morgan fingerprint density at radius 2 is 2.05 bits per heavy atom. The fraction of sp³-hybridized carbons (Fsp3) is 1.00. The zero-order valence-electron chi connectivity index (χ0n) is 12.2. The van der Waals surface area contributed by atoms with Crippen LogP contribution in [-0.4, -0.2) is 57.9 Å². The maximum Gasteiger partial charge on any atom is 0.211 e. The molecule has 0 aliphatic carbocycles. The molecule has 1 saturated heterocycles. The predicted octanol–water partition coefficient (Wildman–Crippen LogP) is 1.21. The van der Waals surface area contributed by atoms with Crippen LogP contribution in [0.5, 0.6) is 0 Å². The molecule has 0 bridgehead atoms. The summed E-state index contributed by atoms with van der Waals surface area (Å²) in [7, 11) is -3.03. The third-order valence-electron chi connectivity index (χ3n) is 3.49. The number of rotatable bonds is 10. The first-order chi connectivity index (χ1) is 9.04. The van der Waals surface area contributed by atoms with E-state index in [1.54, 1.807) is 0 Å². The molecular weight excluding hydrogens is 264 g/mol. The third kappa shape index (κ3) is 7.25. The molecule has 6 heteroatoms. The summed E-state index contributed by atoms with van der Waals surface area (Å²) in [6.45, 7) is 5.82. The highest BCUT2D eigenvalue weighted by Gasteiger charge is 2.14. The van der Waals surface area contributed by atoms with Crippen molar-refractivity contribution in [3.8, 4) is 0 Å². The van der Waals surface area contributed by atoms with Crippen molar-refractivity contribution >= 4 is 10.0 Å². The molecule has 1 aliphatic rings.